The Morgan fingerprint density at radius 3 is 2.70 bits per heavy atom. The van der Waals surface area contributed by atoms with Crippen molar-refractivity contribution in [3.05, 3.63) is 28.2 Å². The highest BCUT2D eigenvalue weighted by atomic mass is 79.9. The number of hydrogen-bond donors (Lipinski definition) is 1. The zero-order valence-electron chi connectivity index (χ0n) is 12.5. The van der Waals surface area contributed by atoms with E-state index in [-0.39, 0.29) is 23.5 Å². The first kappa shape index (κ1) is 17.9. The summed E-state index contributed by atoms with van der Waals surface area (Å²) in [6, 6.07) is 4.28. The van der Waals surface area contributed by atoms with Gasteiger partial charge >= 0.3 is 5.97 Å². The number of esters is 1. The molecule has 1 amide bonds. The first-order valence-corrected chi connectivity index (χ1v) is 9.18. The highest BCUT2D eigenvalue weighted by Crippen LogP contribution is 2.28. The van der Waals surface area contributed by atoms with Crippen LogP contribution in [0.1, 0.15) is 23.2 Å². The van der Waals surface area contributed by atoms with Gasteiger partial charge in [-0.15, -0.1) is 0 Å². The van der Waals surface area contributed by atoms with E-state index in [4.69, 9.17) is 5.73 Å². The summed E-state index contributed by atoms with van der Waals surface area (Å²) in [6.07, 6.45) is 1.10. The van der Waals surface area contributed by atoms with Crippen molar-refractivity contribution in [3.8, 4) is 0 Å². The number of halogens is 1. The van der Waals surface area contributed by atoms with Crippen molar-refractivity contribution in [2.45, 2.75) is 17.7 Å². The molecule has 0 spiro atoms. The van der Waals surface area contributed by atoms with Gasteiger partial charge in [-0.05, 0) is 31.0 Å². The Bertz CT molecular complexity index is 735. The molecule has 1 fully saturated rings. The molecule has 0 bridgehead atoms. The third kappa shape index (κ3) is 3.73. The number of rotatable bonds is 4. The van der Waals surface area contributed by atoms with Crippen LogP contribution in [0.3, 0.4) is 0 Å². The van der Waals surface area contributed by atoms with Crippen LogP contribution in [0.2, 0.25) is 0 Å². The molecule has 0 aliphatic carbocycles. The number of nitrogens with zero attached hydrogens (tertiary/aromatic N) is 1. The molecule has 1 aromatic carbocycles. The second-order valence-corrected chi connectivity index (χ2v) is 8.06. The molecule has 1 aromatic rings. The van der Waals surface area contributed by atoms with Gasteiger partial charge in [0, 0.05) is 17.6 Å². The van der Waals surface area contributed by atoms with E-state index < -0.39 is 27.8 Å². The van der Waals surface area contributed by atoms with Crippen molar-refractivity contribution < 1.29 is 22.7 Å². The molecule has 2 N–H and O–H groups in total. The van der Waals surface area contributed by atoms with Gasteiger partial charge in [0.2, 0.25) is 15.9 Å². The van der Waals surface area contributed by atoms with Gasteiger partial charge in [0.05, 0.1) is 23.5 Å². The van der Waals surface area contributed by atoms with Gasteiger partial charge in [0.25, 0.3) is 0 Å². The van der Waals surface area contributed by atoms with Crippen molar-refractivity contribution in [2.75, 3.05) is 20.2 Å². The molecular weight excluding hydrogens is 388 g/mol. The summed E-state index contributed by atoms with van der Waals surface area (Å²) < 4.78 is 32.1. The zero-order valence-corrected chi connectivity index (χ0v) is 14.9. The summed E-state index contributed by atoms with van der Waals surface area (Å²) in [7, 11) is -2.74. The SMILES string of the molecule is COC(=O)c1cc(Br)ccc1S(=O)(=O)N1CCC[C@@H](C(N)=O)C1. The lowest BCUT2D eigenvalue weighted by Gasteiger charge is -2.30. The van der Waals surface area contributed by atoms with Gasteiger partial charge in [0.1, 0.15) is 0 Å². The fourth-order valence-corrected chi connectivity index (χ4v) is 4.57. The number of sulfonamides is 1. The molecule has 7 nitrogen and oxygen atoms in total. The summed E-state index contributed by atoms with van der Waals surface area (Å²) in [4.78, 5) is 23.1. The Morgan fingerprint density at radius 1 is 1.39 bits per heavy atom. The average molecular weight is 405 g/mol. The minimum absolute atomic E-state index is 0.0222. The van der Waals surface area contributed by atoms with E-state index in [1.165, 1.54) is 29.6 Å². The number of methoxy groups -OCH3 is 1. The fourth-order valence-electron chi connectivity index (χ4n) is 2.53. The van der Waals surface area contributed by atoms with Crippen molar-refractivity contribution in [1.82, 2.24) is 4.31 Å². The van der Waals surface area contributed by atoms with E-state index in [1.54, 1.807) is 0 Å². The number of hydrogen-bond acceptors (Lipinski definition) is 5. The molecule has 1 heterocycles. The van der Waals surface area contributed by atoms with Crippen molar-refractivity contribution in [2.24, 2.45) is 11.7 Å². The molecule has 0 saturated carbocycles. The van der Waals surface area contributed by atoms with Gasteiger partial charge in [-0.1, -0.05) is 15.9 Å². The van der Waals surface area contributed by atoms with Crippen LogP contribution >= 0.6 is 15.9 Å². The van der Waals surface area contributed by atoms with E-state index in [0.717, 1.165) is 0 Å². The summed E-state index contributed by atoms with van der Waals surface area (Å²) >= 11 is 3.21. The van der Waals surface area contributed by atoms with Crippen molar-refractivity contribution in [3.63, 3.8) is 0 Å². The van der Waals surface area contributed by atoms with Crippen LogP contribution in [0, 0.1) is 5.92 Å². The predicted molar refractivity (Wildman–Crippen MR) is 86.2 cm³/mol. The Kier molecular flexibility index (Phi) is 5.43. The number of ether oxygens (including phenoxy) is 1. The largest absolute Gasteiger partial charge is 0.465 e. The quantitative estimate of drug-likeness (QED) is 0.756. The van der Waals surface area contributed by atoms with Crippen LogP contribution in [0.15, 0.2) is 27.6 Å². The third-order valence-electron chi connectivity index (χ3n) is 3.75. The van der Waals surface area contributed by atoms with Gasteiger partial charge < -0.3 is 10.5 Å². The average Bonchev–Trinajstić information content (AvgIpc) is 2.53. The predicted octanol–water partition coefficient (Wildman–Crippen LogP) is 1.12. The minimum Gasteiger partial charge on any atom is -0.465 e. The maximum absolute atomic E-state index is 12.9. The lowest BCUT2D eigenvalue weighted by molar-refractivity contribution is -0.122. The van der Waals surface area contributed by atoms with Gasteiger partial charge in [-0.2, -0.15) is 4.31 Å². The maximum atomic E-state index is 12.9. The standard InChI is InChI=1S/C14H17BrN2O5S/c1-22-14(19)11-7-10(15)4-5-12(11)23(20,21)17-6-2-3-9(8-17)13(16)18/h4-5,7,9H,2-3,6,8H2,1H3,(H2,16,18)/t9-/m1/s1. The summed E-state index contributed by atoms with van der Waals surface area (Å²) in [5.41, 5.74) is 5.24. The number of carbonyl (C=O) groups excluding carboxylic acids is 2. The molecule has 0 aromatic heterocycles. The molecule has 1 atom stereocenters. The Hall–Kier alpha value is -1.45. The molecular formula is C14H17BrN2O5S. The van der Waals surface area contributed by atoms with Gasteiger partial charge in [-0.3, -0.25) is 4.79 Å². The van der Waals surface area contributed by atoms with Crippen molar-refractivity contribution in [1.29, 1.82) is 0 Å². The topological polar surface area (TPSA) is 107 Å². The van der Waals surface area contributed by atoms with Crippen LogP contribution < -0.4 is 5.73 Å². The Balaban J connectivity index is 2.43. The second kappa shape index (κ2) is 6.98. The monoisotopic (exact) mass is 404 g/mol. The fraction of sp³-hybridized carbons (Fsp3) is 0.429. The maximum Gasteiger partial charge on any atom is 0.339 e. The Labute approximate surface area is 143 Å². The molecule has 2 rings (SSSR count). The van der Waals surface area contributed by atoms with Crippen molar-refractivity contribution >= 4 is 37.8 Å². The number of amides is 1. The first-order valence-electron chi connectivity index (χ1n) is 6.94. The van der Waals surface area contributed by atoms with E-state index in [9.17, 15) is 18.0 Å². The summed E-state index contributed by atoms with van der Waals surface area (Å²) in [5, 5.41) is 0. The van der Waals surface area contributed by atoms with Crippen LogP contribution in [0.25, 0.3) is 0 Å². The number of piperidine rings is 1. The number of primary amides is 1. The van der Waals surface area contributed by atoms with Crippen LogP contribution in [0.4, 0.5) is 0 Å². The van der Waals surface area contributed by atoms with E-state index in [0.29, 0.717) is 17.3 Å². The van der Waals surface area contributed by atoms with E-state index in [1.807, 2.05) is 0 Å². The molecule has 9 heteroatoms. The highest BCUT2D eigenvalue weighted by molar-refractivity contribution is 9.10. The first-order chi connectivity index (χ1) is 10.8. The molecule has 0 radical (unpaired) electrons. The smallest absolute Gasteiger partial charge is 0.339 e. The zero-order chi connectivity index (χ0) is 17.2. The molecule has 1 saturated heterocycles. The van der Waals surface area contributed by atoms with Gasteiger partial charge in [-0.25, -0.2) is 13.2 Å². The van der Waals surface area contributed by atoms with Crippen LogP contribution in [-0.4, -0.2) is 44.8 Å². The van der Waals surface area contributed by atoms with Crippen LogP contribution in [0.5, 0.6) is 0 Å². The molecule has 0 unspecified atom stereocenters. The molecule has 23 heavy (non-hydrogen) atoms. The van der Waals surface area contributed by atoms with Gasteiger partial charge in [0.15, 0.2) is 0 Å². The normalized spacial score (nSPS) is 19.3. The summed E-state index contributed by atoms with van der Waals surface area (Å²) in [6.45, 7) is 0.303. The number of nitrogens with two attached hydrogens (primary N) is 1. The highest BCUT2D eigenvalue weighted by Gasteiger charge is 2.34. The minimum atomic E-state index is -3.93. The van der Waals surface area contributed by atoms with Crippen LogP contribution in [-0.2, 0) is 19.6 Å². The lowest BCUT2D eigenvalue weighted by atomic mass is 9.99. The summed E-state index contributed by atoms with van der Waals surface area (Å²) in [5.74, 6) is -1.78. The number of benzene rings is 1. The molecule has 1 aliphatic heterocycles. The lowest BCUT2D eigenvalue weighted by Crippen LogP contribution is -2.44. The van der Waals surface area contributed by atoms with E-state index >= 15 is 0 Å². The molecule has 126 valence electrons. The third-order valence-corrected chi connectivity index (χ3v) is 6.17. The second-order valence-electron chi connectivity index (χ2n) is 5.24. The number of carbonyl (C=O) groups is 2. The molecule has 1 aliphatic rings. The van der Waals surface area contributed by atoms with E-state index in [2.05, 4.69) is 20.7 Å². The Morgan fingerprint density at radius 2 is 2.09 bits per heavy atom.